The molecule has 0 saturated heterocycles. The number of hydrogen-bond acceptors (Lipinski definition) is 4. The number of methoxy groups -OCH3 is 1. The maximum absolute atomic E-state index is 11.8. The molecule has 2 aromatic rings. The summed E-state index contributed by atoms with van der Waals surface area (Å²) in [5.41, 5.74) is 1.37. The van der Waals surface area contributed by atoms with Crippen molar-refractivity contribution in [2.75, 3.05) is 13.7 Å². The van der Waals surface area contributed by atoms with Crippen LogP contribution in [0.4, 0.5) is 0 Å². The van der Waals surface area contributed by atoms with Crippen LogP contribution in [0.1, 0.15) is 15.9 Å². The molecular formula is C17H16ClNO4. The van der Waals surface area contributed by atoms with Gasteiger partial charge in [0, 0.05) is 17.1 Å². The van der Waals surface area contributed by atoms with E-state index in [2.05, 4.69) is 5.32 Å². The molecule has 0 aromatic heterocycles. The maximum atomic E-state index is 11.8. The number of hydrogen-bond donors (Lipinski definition) is 1. The van der Waals surface area contributed by atoms with Crippen LogP contribution in [0.25, 0.3) is 0 Å². The second kappa shape index (κ2) is 8.19. The Kier molecular flexibility index (Phi) is 6.00. The van der Waals surface area contributed by atoms with E-state index in [9.17, 15) is 9.59 Å². The summed E-state index contributed by atoms with van der Waals surface area (Å²) in [5.74, 6) is 0.528. The van der Waals surface area contributed by atoms with Crippen molar-refractivity contribution in [1.29, 1.82) is 0 Å². The summed E-state index contributed by atoms with van der Waals surface area (Å²) in [6, 6.07) is 12.0. The molecule has 5 nitrogen and oxygen atoms in total. The van der Waals surface area contributed by atoms with E-state index in [4.69, 9.17) is 21.1 Å². The average Bonchev–Trinajstić information content (AvgIpc) is 2.58. The highest BCUT2D eigenvalue weighted by molar-refractivity contribution is 6.30. The van der Waals surface area contributed by atoms with Gasteiger partial charge in [-0.1, -0.05) is 23.7 Å². The highest BCUT2D eigenvalue weighted by Crippen LogP contribution is 2.27. The molecule has 6 heteroatoms. The van der Waals surface area contributed by atoms with Gasteiger partial charge in [-0.25, -0.2) is 0 Å². The third-order valence-corrected chi connectivity index (χ3v) is 3.30. The molecule has 2 rings (SSSR count). The van der Waals surface area contributed by atoms with Gasteiger partial charge in [0.05, 0.1) is 7.11 Å². The van der Waals surface area contributed by atoms with E-state index in [0.29, 0.717) is 34.9 Å². The van der Waals surface area contributed by atoms with Gasteiger partial charge in [0.15, 0.2) is 18.1 Å². The molecule has 0 fully saturated rings. The maximum Gasteiger partial charge on any atom is 0.258 e. The van der Waals surface area contributed by atoms with E-state index in [1.807, 2.05) is 12.1 Å². The van der Waals surface area contributed by atoms with Gasteiger partial charge in [0.25, 0.3) is 5.91 Å². The SMILES string of the molecule is COc1cc(C=O)ccc1OCC(=O)NCc1cccc(Cl)c1. The molecule has 2 aromatic carbocycles. The Morgan fingerprint density at radius 2 is 2.04 bits per heavy atom. The van der Waals surface area contributed by atoms with Crippen LogP contribution in [0, 0.1) is 0 Å². The van der Waals surface area contributed by atoms with Crippen LogP contribution in [-0.4, -0.2) is 25.9 Å². The zero-order valence-electron chi connectivity index (χ0n) is 12.5. The lowest BCUT2D eigenvalue weighted by Crippen LogP contribution is -2.28. The fraction of sp³-hybridized carbons (Fsp3) is 0.176. The van der Waals surface area contributed by atoms with Crippen molar-refractivity contribution in [3.63, 3.8) is 0 Å². The molecular weight excluding hydrogens is 318 g/mol. The molecule has 120 valence electrons. The Morgan fingerprint density at radius 3 is 2.74 bits per heavy atom. The van der Waals surface area contributed by atoms with Crippen LogP contribution in [-0.2, 0) is 11.3 Å². The van der Waals surface area contributed by atoms with Gasteiger partial charge in [0.2, 0.25) is 0 Å². The summed E-state index contributed by atoms with van der Waals surface area (Å²) < 4.78 is 10.6. The van der Waals surface area contributed by atoms with E-state index in [1.165, 1.54) is 7.11 Å². The van der Waals surface area contributed by atoms with Crippen molar-refractivity contribution in [3.8, 4) is 11.5 Å². The van der Waals surface area contributed by atoms with Crippen molar-refractivity contribution < 1.29 is 19.1 Å². The van der Waals surface area contributed by atoms with Crippen LogP contribution in [0.3, 0.4) is 0 Å². The van der Waals surface area contributed by atoms with Gasteiger partial charge in [-0.3, -0.25) is 9.59 Å². The number of aldehydes is 1. The first-order chi connectivity index (χ1) is 11.1. The van der Waals surface area contributed by atoms with Crippen molar-refractivity contribution >= 4 is 23.8 Å². The lowest BCUT2D eigenvalue weighted by Gasteiger charge is -2.11. The van der Waals surface area contributed by atoms with Crippen LogP contribution >= 0.6 is 11.6 Å². The molecule has 0 spiro atoms. The number of halogens is 1. The first-order valence-electron chi connectivity index (χ1n) is 6.89. The number of amides is 1. The number of nitrogens with one attached hydrogen (secondary N) is 1. The zero-order valence-corrected chi connectivity index (χ0v) is 13.3. The largest absolute Gasteiger partial charge is 0.493 e. The van der Waals surface area contributed by atoms with Gasteiger partial charge >= 0.3 is 0 Å². The molecule has 1 N–H and O–H groups in total. The normalized spacial score (nSPS) is 10.0. The smallest absolute Gasteiger partial charge is 0.258 e. The van der Waals surface area contributed by atoms with Crippen LogP contribution in [0.2, 0.25) is 5.02 Å². The van der Waals surface area contributed by atoms with Crippen LogP contribution in [0.15, 0.2) is 42.5 Å². The van der Waals surface area contributed by atoms with Crippen LogP contribution < -0.4 is 14.8 Å². The fourth-order valence-corrected chi connectivity index (χ4v) is 2.13. The van der Waals surface area contributed by atoms with E-state index in [-0.39, 0.29) is 12.5 Å². The quantitative estimate of drug-likeness (QED) is 0.791. The molecule has 0 aliphatic carbocycles. The fourth-order valence-electron chi connectivity index (χ4n) is 1.92. The molecule has 0 aliphatic rings. The van der Waals surface area contributed by atoms with Crippen molar-refractivity contribution in [3.05, 3.63) is 58.6 Å². The molecule has 0 radical (unpaired) electrons. The minimum absolute atomic E-state index is 0.155. The predicted octanol–water partition coefficient (Wildman–Crippen LogP) is 2.86. The second-order valence-electron chi connectivity index (χ2n) is 4.72. The Balaban J connectivity index is 1.88. The van der Waals surface area contributed by atoms with Gasteiger partial charge in [-0.2, -0.15) is 0 Å². The number of benzene rings is 2. The topological polar surface area (TPSA) is 64.6 Å². The van der Waals surface area contributed by atoms with Crippen molar-refractivity contribution in [2.24, 2.45) is 0 Å². The molecule has 0 saturated carbocycles. The highest BCUT2D eigenvalue weighted by Gasteiger charge is 2.08. The monoisotopic (exact) mass is 333 g/mol. The molecule has 23 heavy (non-hydrogen) atoms. The zero-order chi connectivity index (χ0) is 16.7. The third-order valence-electron chi connectivity index (χ3n) is 3.06. The summed E-state index contributed by atoms with van der Waals surface area (Å²) in [6.45, 7) is 0.210. The summed E-state index contributed by atoms with van der Waals surface area (Å²) >= 11 is 5.88. The summed E-state index contributed by atoms with van der Waals surface area (Å²) in [5, 5.41) is 3.36. The summed E-state index contributed by atoms with van der Waals surface area (Å²) in [4.78, 5) is 22.6. The molecule has 0 heterocycles. The van der Waals surface area contributed by atoms with E-state index in [0.717, 1.165) is 5.56 Å². The Hall–Kier alpha value is -2.53. The first-order valence-corrected chi connectivity index (χ1v) is 7.27. The first kappa shape index (κ1) is 16.8. The third kappa shape index (κ3) is 5.00. The van der Waals surface area contributed by atoms with Gasteiger partial charge in [-0.15, -0.1) is 0 Å². The van der Waals surface area contributed by atoms with E-state index >= 15 is 0 Å². The standard InChI is InChI=1S/C17H16ClNO4/c1-22-16-8-13(10-20)5-6-15(16)23-11-17(21)19-9-12-3-2-4-14(18)7-12/h2-8,10H,9,11H2,1H3,(H,19,21). The number of ether oxygens (including phenoxy) is 2. The highest BCUT2D eigenvalue weighted by atomic mass is 35.5. The van der Waals surface area contributed by atoms with E-state index in [1.54, 1.807) is 30.3 Å². The Bertz CT molecular complexity index is 703. The second-order valence-corrected chi connectivity index (χ2v) is 5.16. The minimum Gasteiger partial charge on any atom is -0.493 e. The van der Waals surface area contributed by atoms with Gasteiger partial charge < -0.3 is 14.8 Å². The van der Waals surface area contributed by atoms with Gasteiger partial charge in [-0.05, 0) is 35.9 Å². The Morgan fingerprint density at radius 1 is 1.22 bits per heavy atom. The number of rotatable bonds is 7. The summed E-state index contributed by atoms with van der Waals surface area (Å²) in [7, 11) is 1.47. The minimum atomic E-state index is -0.272. The lowest BCUT2D eigenvalue weighted by atomic mass is 10.2. The van der Waals surface area contributed by atoms with Crippen LogP contribution in [0.5, 0.6) is 11.5 Å². The lowest BCUT2D eigenvalue weighted by molar-refractivity contribution is -0.123. The number of carbonyl (C=O) groups excluding carboxylic acids is 2. The van der Waals surface area contributed by atoms with Crippen molar-refractivity contribution in [1.82, 2.24) is 5.32 Å². The average molecular weight is 334 g/mol. The predicted molar refractivity (Wildman–Crippen MR) is 87.2 cm³/mol. The van der Waals surface area contributed by atoms with E-state index < -0.39 is 0 Å². The Labute approximate surface area is 139 Å². The number of carbonyl (C=O) groups is 2. The molecule has 1 amide bonds. The summed E-state index contributed by atoms with van der Waals surface area (Å²) in [6.07, 6.45) is 0.712. The van der Waals surface area contributed by atoms with Crippen molar-refractivity contribution in [2.45, 2.75) is 6.54 Å². The van der Waals surface area contributed by atoms with Gasteiger partial charge in [0.1, 0.15) is 6.29 Å². The molecule has 0 bridgehead atoms. The molecule has 0 aliphatic heterocycles. The molecule has 0 unspecified atom stereocenters. The molecule has 0 atom stereocenters.